The Hall–Kier alpha value is -1.36. The molecule has 0 spiro atoms. The van der Waals surface area contributed by atoms with Gasteiger partial charge in [-0.3, -0.25) is 4.79 Å². The molecule has 0 radical (unpaired) electrons. The fraction of sp³-hybridized carbons (Fsp3) is 0.636. The minimum Gasteiger partial charge on any atom is -0.467 e. The van der Waals surface area contributed by atoms with Gasteiger partial charge in [0.1, 0.15) is 6.04 Å². The van der Waals surface area contributed by atoms with Crippen LogP contribution >= 0.6 is 0 Å². The number of carbonyl (C=O) groups is 2. The summed E-state index contributed by atoms with van der Waals surface area (Å²) in [6, 6.07) is -1.34. The quantitative estimate of drug-likeness (QED) is 0.503. The van der Waals surface area contributed by atoms with Crippen molar-refractivity contribution < 1.29 is 14.3 Å². The molecule has 0 saturated carbocycles. The fourth-order valence-electron chi connectivity index (χ4n) is 1.17. The SMILES string of the molecule is C=CCC(N)C(=O)N[C@H](C(=O)OC)C(C)C. The molecule has 0 rings (SSSR count). The first kappa shape index (κ1) is 14.6. The lowest BCUT2D eigenvalue weighted by atomic mass is 10.0. The van der Waals surface area contributed by atoms with E-state index in [0.717, 1.165) is 0 Å². The summed E-state index contributed by atoms with van der Waals surface area (Å²) < 4.78 is 4.60. The summed E-state index contributed by atoms with van der Waals surface area (Å²) in [5.41, 5.74) is 5.58. The average Bonchev–Trinajstić information content (AvgIpc) is 2.24. The number of hydrogen-bond donors (Lipinski definition) is 2. The number of carbonyl (C=O) groups excluding carboxylic acids is 2. The van der Waals surface area contributed by atoms with Crippen LogP contribution < -0.4 is 11.1 Å². The normalized spacial score (nSPS) is 14.1. The zero-order valence-corrected chi connectivity index (χ0v) is 10.0. The van der Waals surface area contributed by atoms with Crippen molar-refractivity contribution in [3.63, 3.8) is 0 Å². The first-order valence-electron chi connectivity index (χ1n) is 5.18. The van der Waals surface area contributed by atoms with Crippen LogP contribution in [0.15, 0.2) is 12.7 Å². The van der Waals surface area contributed by atoms with E-state index in [1.165, 1.54) is 7.11 Å². The van der Waals surface area contributed by atoms with Gasteiger partial charge in [0, 0.05) is 0 Å². The van der Waals surface area contributed by atoms with Crippen LogP contribution in [-0.2, 0) is 14.3 Å². The highest BCUT2D eigenvalue weighted by Gasteiger charge is 2.26. The van der Waals surface area contributed by atoms with Gasteiger partial charge in [-0.1, -0.05) is 19.9 Å². The summed E-state index contributed by atoms with van der Waals surface area (Å²) in [7, 11) is 1.29. The maximum absolute atomic E-state index is 11.6. The van der Waals surface area contributed by atoms with Crippen LogP contribution in [0.4, 0.5) is 0 Å². The van der Waals surface area contributed by atoms with Crippen LogP contribution in [0.1, 0.15) is 20.3 Å². The number of rotatable bonds is 6. The van der Waals surface area contributed by atoms with Crippen molar-refractivity contribution in [1.29, 1.82) is 0 Å². The first-order chi connectivity index (χ1) is 7.43. The number of methoxy groups -OCH3 is 1. The number of nitrogens with one attached hydrogen (secondary N) is 1. The number of ether oxygens (including phenoxy) is 1. The smallest absolute Gasteiger partial charge is 0.328 e. The maximum Gasteiger partial charge on any atom is 0.328 e. The highest BCUT2D eigenvalue weighted by Crippen LogP contribution is 2.04. The molecule has 0 aromatic heterocycles. The molecule has 0 aromatic carbocycles. The van der Waals surface area contributed by atoms with Crippen molar-refractivity contribution in [3.8, 4) is 0 Å². The van der Waals surface area contributed by atoms with Crippen LogP contribution in [0.25, 0.3) is 0 Å². The van der Waals surface area contributed by atoms with Crippen molar-refractivity contribution in [1.82, 2.24) is 5.32 Å². The van der Waals surface area contributed by atoms with E-state index in [2.05, 4.69) is 16.6 Å². The van der Waals surface area contributed by atoms with Crippen LogP contribution in [0, 0.1) is 5.92 Å². The lowest BCUT2D eigenvalue weighted by Crippen LogP contribution is -2.50. The Bertz CT molecular complexity index is 264. The Kier molecular flexibility index (Phi) is 6.41. The standard InChI is InChI=1S/C11H20N2O3/c1-5-6-8(12)10(14)13-9(7(2)3)11(15)16-4/h5,7-9H,1,6,12H2,2-4H3,(H,13,14)/t8?,9-/m0/s1. The molecule has 5 heteroatoms. The van der Waals surface area contributed by atoms with Crippen LogP contribution in [-0.4, -0.2) is 31.1 Å². The summed E-state index contributed by atoms with van der Waals surface area (Å²) in [5.74, 6) is -0.884. The molecule has 0 aliphatic rings. The Morgan fingerprint density at radius 3 is 2.44 bits per heavy atom. The van der Waals surface area contributed by atoms with Crippen LogP contribution in [0.3, 0.4) is 0 Å². The molecule has 0 heterocycles. The van der Waals surface area contributed by atoms with E-state index in [0.29, 0.717) is 6.42 Å². The molecule has 1 unspecified atom stereocenters. The van der Waals surface area contributed by atoms with Crippen molar-refractivity contribution in [2.24, 2.45) is 11.7 Å². The van der Waals surface area contributed by atoms with E-state index < -0.39 is 18.1 Å². The van der Waals surface area contributed by atoms with Crippen molar-refractivity contribution >= 4 is 11.9 Å². The monoisotopic (exact) mass is 228 g/mol. The minimum absolute atomic E-state index is 0.0488. The third kappa shape index (κ3) is 4.44. The number of amides is 1. The van der Waals surface area contributed by atoms with E-state index in [9.17, 15) is 9.59 Å². The molecule has 0 fully saturated rings. The van der Waals surface area contributed by atoms with Gasteiger partial charge in [-0.2, -0.15) is 0 Å². The molecular weight excluding hydrogens is 208 g/mol. The summed E-state index contributed by atoms with van der Waals surface area (Å²) in [6.45, 7) is 7.14. The topological polar surface area (TPSA) is 81.4 Å². The zero-order chi connectivity index (χ0) is 12.7. The van der Waals surface area contributed by atoms with Gasteiger partial charge in [0.15, 0.2) is 0 Å². The zero-order valence-electron chi connectivity index (χ0n) is 10.0. The van der Waals surface area contributed by atoms with Gasteiger partial charge in [0.2, 0.25) is 5.91 Å². The molecule has 5 nitrogen and oxygen atoms in total. The lowest BCUT2D eigenvalue weighted by molar-refractivity contribution is -0.146. The molecule has 0 aromatic rings. The van der Waals surface area contributed by atoms with E-state index in [4.69, 9.17) is 5.73 Å². The number of esters is 1. The Morgan fingerprint density at radius 2 is 2.06 bits per heavy atom. The van der Waals surface area contributed by atoms with Crippen molar-refractivity contribution in [2.45, 2.75) is 32.4 Å². The Balaban J connectivity index is 4.45. The van der Waals surface area contributed by atoms with Gasteiger partial charge in [-0.25, -0.2) is 4.79 Å². The van der Waals surface area contributed by atoms with Gasteiger partial charge in [0.25, 0.3) is 0 Å². The van der Waals surface area contributed by atoms with Gasteiger partial charge in [-0.15, -0.1) is 6.58 Å². The molecule has 16 heavy (non-hydrogen) atoms. The van der Waals surface area contributed by atoms with Crippen molar-refractivity contribution in [2.75, 3.05) is 7.11 Å². The summed E-state index contributed by atoms with van der Waals surface area (Å²) in [4.78, 5) is 22.9. The molecule has 92 valence electrons. The lowest BCUT2D eigenvalue weighted by Gasteiger charge is -2.21. The molecule has 0 saturated heterocycles. The van der Waals surface area contributed by atoms with Crippen LogP contribution in [0.5, 0.6) is 0 Å². The van der Waals surface area contributed by atoms with Crippen LogP contribution in [0.2, 0.25) is 0 Å². The summed E-state index contributed by atoms with van der Waals surface area (Å²) in [6.07, 6.45) is 1.94. The molecule has 0 aliphatic heterocycles. The molecule has 2 atom stereocenters. The summed E-state index contributed by atoms with van der Waals surface area (Å²) in [5, 5.41) is 2.57. The second kappa shape index (κ2) is 7.00. The Labute approximate surface area is 96.0 Å². The average molecular weight is 228 g/mol. The van der Waals surface area contributed by atoms with E-state index in [1.54, 1.807) is 6.08 Å². The second-order valence-electron chi connectivity index (χ2n) is 3.88. The summed E-state index contributed by atoms with van der Waals surface area (Å²) >= 11 is 0. The van der Waals surface area contributed by atoms with Gasteiger partial charge in [-0.05, 0) is 12.3 Å². The number of nitrogens with two attached hydrogens (primary N) is 1. The molecule has 1 amide bonds. The van der Waals surface area contributed by atoms with Gasteiger partial charge in [0.05, 0.1) is 13.2 Å². The first-order valence-corrected chi connectivity index (χ1v) is 5.18. The molecule has 3 N–H and O–H groups in total. The fourth-order valence-corrected chi connectivity index (χ4v) is 1.17. The molecular formula is C11H20N2O3. The second-order valence-corrected chi connectivity index (χ2v) is 3.88. The van der Waals surface area contributed by atoms with Gasteiger partial charge >= 0.3 is 5.97 Å². The molecule has 0 bridgehead atoms. The van der Waals surface area contributed by atoms with E-state index >= 15 is 0 Å². The van der Waals surface area contributed by atoms with Crippen molar-refractivity contribution in [3.05, 3.63) is 12.7 Å². The highest BCUT2D eigenvalue weighted by atomic mass is 16.5. The largest absolute Gasteiger partial charge is 0.467 e. The number of hydrogen-bond acceptors (Lipinski definition) is 4. The predicted octanol–water partition coefficient (Wildman–Crippen LogP) is 0.204. The maximum atomic E-state index is 11.6. The highest BCUT2D eigenvalue weighted by molar-refractivity contribution is 5.87. The minimum atomic E-state index is -0.677. The third-order valence-corrected chi connectivity index (χ3v) is 2.18. The van der Waals surface area contributed by atoms with E-state index in [-0.39, 0.29) is 11.8 Å². The molecule has 0 aliphatic carbocycles. The van der Waals surface area contributed by atoms with E-state index in [1.807, 2.05) is 13.8 Å². The Morgan fingerprint density at radius 1 is 1.50 bits per heavy atom. The third-order valence-electron chi connectivity index (χ3n) is 2.18. The van der Waals surface area contributed by atoms with Gasteiger partial charge < -0.3 is 15.8 Å². The predicted molar refractivity (Wildman–Crippen MR) is 61.6 cm³/mol.